The van der Waals surface area contributed by atoms with Gasteiger partial charge in [0.05, 0.1) is 0 Å². The molecule has 1 rings (SSSR count). The van der Waals surface area contributed by atoms with Gasteiger partial charge in [-0.05, 0) is 44.4 Å². The summed E-state index contributed by atoms with van der Waals surface area (Å²) in [5.74, 6) is -0.732. The first-order valence-electron chi connectivity index (χ1n) is 7.76. The smallest absolute Gasteiger partial charge is 0.407 e. The van der Waals surface area contributed by atoms with Gasteiger partial charge in [-0.15, -0.1) is 0 Å². The molecule has 0 radical (unpaired) electrons. The monoisotopic (exact) mass is 326 g/mol. The number of carbonyl (C=O) groups excluding carboxylic acids is 1. The van der Waals surface area contributed by atoms with Crippen LogP contribution in [0.1, 0.15) is 40.2 Å². The lowest BCUT2D eigenvalue weighted by Gasteiger charge is -2.25. The molecule has 1 amide bonds. The number of alkyl carbamates (subject to hydrolysis) is 1. The van der Waals surface area contributed by atoms with Crippen LogP contribution >= 0.6 is 0 Å². The van der Waals surface area contributed by atoms with Crippen molar-refractivity contribution in [1.82, 2.24) is 10.6 Å². The third-order valence-electron chi connectivity index (χ3n) is 3.25. The normalized spacial score (nSPS) is 13.0. The molecular weight excluding hydrogens is 299 g/mol. The third kappa shape index (κ3) is 7.32. The van der Waals surface area contributed by atoms with Crippen molar-refractivity contribution in [3.63, 3.8) is 0 Å². The summed E-state index contributed by atoms with van der Waals surface area (Å²) in [5.41, 5.74) is 0.192. The number of ether oxygens (including phenoxy) is 1. The van der Waals surface area contributed by atoms with E-state index in [9.17, 15) is 14.3 Å². The Bertz CT molecular complexity index is 527. The van der Waals surface area contributed by atoms with Gasteiger partial charge in [-0.25, -0.2) is 9.18 Å². The van der Waals surface area contributed by atoms with Crippen molar-refractivity contribution in [1.29, 1.82) is 0 Å². The van der Waals surface area contributed by atoms with Gasteiger partial charge in [0.1, 0.15) is 5.60 Å². The first-order valence-corrected chi connectivity index (χ1v) is 7.76. The molecule has 0 aliphatic heterocycles. The van der Waals surface area contributed by atoms with Gasteiger partial charge in [-0.2, -0.15) is 0 Å². The lowest BCUT2D eigenvalue weighted by atomic mass is 10.0. The zero-order chi connectivity index (χ0) is 17.6. The number of phenols is 1. The van der Waals surface area contributed by atoms with Crippen molar-refractivity contribution in [2.45, 2.75) is 52.8 Å². The number of phenolic OH excluding ortho intramolecular Hbond substituents is 1. The van der Waals surface area contributed by atoms with Crippen LogP contribution in [0, 0.1) is 11.7 Å². The second-order valence-corrected chi connectivity index (χ2v) is 6.90. The molecule has 0 aliphatic rings. The fourth-order valence-electron chi connectivity index (χ4n) is 1.96. The molecule has 3 N–H and O–H groups in total. The maximum atomic E-state index is 13.3. The number of hydrogen-bond donors (Lipinski definition) is 3. The molecule has 0 aromatic heterocycles. The second-order valence-electron chi connectivity index (χ2n) is 6.90. The Labute approximate surface area is 137 Å². The molecule has 1 aromatic carbocycles. The summed E-state index contributed by atoms with van der Waals surface area (Å²) >= 11 is 0. The molecule has 5 nitrogen and oxygen atoms in total. The average molecular weight is 326 g/mol. The Morgan fingerprint density at radius 2 is 2.00 bits per heavy atom. The predicted molar refractivity (Wildman–Crippen MR) is 87.8 cm³/mol. The SMILES string of the molecule is CC(C)C(CNC(=O)OC(C)(C)C)NCc1ccc(O)c(F)c1. The topological polar surface area (TPSA) is 70.6 Å². The maximum Gasteiger partial charge on any atom is 0.407 e. The summed E-state index contributed by atoms with van der Waals surface area (Å²) in [7, 11) is 0. The molecule has 23 heavy (non-hydrogen) atoms. The molecule has 6 heteroatoms. The van der Waals surface area contributed by atoms with Crippen LogP contribution < -0.4 is 10.6 Å². The fourth-order valence-corrected chi connectivity index (χ4v) is 1.96. The van der Waals surface area contributed by atoms with Crippen LogP contribution in [0.3, 0.4) is 0 Å². The minimum atomic E-state index is -0.641. The van der Waals surface area contributed by atoms with E-state index in [4.69, 9.17) is 4.74 Å². The van der Waals surface area contributed by atoms with Gasteiger partial charge in [-0.1, -0.05) is 19.9 Å². The summed E-state index contributed by atoms with van der Waals surface area (Å²) in [4.78, 5) is 11.7. The Morgan fingerprint density at radius 3 is 2.52 bits per heavy atom. The van der Waals surface area contributed by atoms with Crippen LogP contribution in [0.2, 0.25) is 0 Å². The van der Waals surface area contributed by atoms with E-state index in [2.05, 4.69) is 10.6 Å². The molecule has 130 valence electrons. The molecule has 0 bridgehead atoms. The lowest BCUT2D eigenvalue weighted by molar-refractivity contribution is 0.0519. The van der Waals surface area contributed by atoms with Crippen LogP contribution in [-0.4, -0.2) is 29.4 Å². The van der Waals surface area contributed by atoms with Crippen LogP contribution in [0.25, 0.3) is 0 Å². The van der Waals surface area contributed by atoms with Crippen molar-refractivity contribution < 1.29 is 19.0 Å². The predicted octanol–water partition coefficient (Wildman–Crippen LogP) is 3.17. The first kappa shape index (κ1) is 19.2. The van der Waals surface area contributed by atoms with E-state index in [0.29, 0.717) is 13.1 Å². The Balaban J connectivity index is 2.52. The number of amides is 1. The van der Waals surface area contributed by atoms with E-state index >= 15 is 0 Å². The maximum absolute atomic E-state index is 13.3. The number of hydrogen-bond acceptors (Lipinski definition) is 4. The van der Waals surface area contributed by atoms with Crippen molar-refractivity contribution in [2.24, 2.45) is 5.92 Å². The minimum absolute atomic E-state index is 0.0133. The molecule has 0 spiro atoms. The molecule has 0 aliphatic carbocycles. The van der Waals surface area contributed by atoms with Gasteiger partial charge in [0, 0.05) is 19.1 Å². The van der Waals surface area contributed by atoms with Crippen LogP contribution in [0.15, 0.2) is 18.2 Å². The van der Waals surface area contributed by atoms with E-state index in [0.717, 1.165) is 5.56 Å². The van der Waals surface area contributed by atoms with E-state index < -0.39 is 17.5 Å². The molecular formula is C17H27FN2O3. The zero-order valence-corrected chi connectivity index (χ0v) is 14.4. The summed E-state index contributed by atoms with van der Waals surface area (Å²) in [6.45, 7) is 10.3. The van der Waals surface area contributed by atoms with Crippen LogP contribution in [0.5, 0.6) is 5.75 Å². The van der Waals surface area contributed by atoms with E-state index in [1.54, 1.807) is 6.07 Å². The highest BCUT2D eigenvalue weighted by molar-refractivity contribution is 5.67. The molecule has 0 saturated carbocycles. The van der Waals surface area contributed by atoms with Crippen molar-refractivity contribution in [2.75, 3.05) is 6.54 Å². The molecule has 0 saturated heterocycles. The largest absolute Gasteiger partial charge is 0.505 e. The number of carbonyl (C=O) groups is 1. The summed E-state index contributed by atoms with van der Waals surface area (Å²) in [5, 5.41) is 15.2. The van der Waals surface area contributed by atoms with Gasteiger partial charge in [0.2, 0.25) is 0 Å². The quantitative estimate of drug-likeness (QED) is 0.751. The molecule has 1 unspecified atom stereocenters. The standard InChI is InChI=1S/C17H27FN2O3/c1-11(2)14(10-20-16(22)23-17(3,4)5)19-9-12-6-7-15(21)13(18)8-12/h6-8,11,14,19,21H,9-10H2,1-5H3,(H,20,22). The van der Waals surface area contributed by atoms with Crippen molar-refractivity contribution >= 4 is 6.09 Å². The van der Waals surface area contributed by atoms with Gasteiger partial charge < -0.3 is 20.5 Å². The van der Waals surface area contributed by atoms with Crippen LogP contribution in [-0.2, 0) is 11.3 Å². The van der Waals surface area contributed by atoms with E-state index in [1.807, 2.05) is 34.6 Å². The number of halogens is 1. The summed E-state index contributed by atoms with van der Waals surface area (Å²) in [6.07, 6.45) is -0.458. The van der Waals surface area contributed by atoms with E-state index in [1.165, 1.54) is 12.1 Å². The molecule has 1 aromatic rings. The minimum Gasteiger partial charge on any atom is -0.505 e. The molecule has 1 atom stereocenters. The first-order chi connectivity index (χ1) is 10.6. The fraction of sp³-hybridized carbons (Fsp3) is 0.588. The summed E-state index contributed by atoms with van der Waals surface area (Å²) < 4.78 is 18.5. The molecule has 0 heterocycles. The number of rotatable bonds is 6. The Hall–Kier alpha value is -1.82. The van der Waals surface area contributed by atoms with Crippen molar-refractivity contribution in [3.05, 3.63) is 29.6 Å². The van der Waals surface area contributed by atoms with E-state index in [-0.39, 0.29) is 17.7 Å². The average Bonchev–Trinajstić information content (AvgIpc) is 2.40. The zero-order valence-electron chi connectivity index (χ0n) is 14.4. The van der Waals surface area contributed by atoms with Gasteiger partial charge >= 0.3 is 6.09 Å². The Morgan fingerprint density at radius 1 is 1.35 bits per heavy atom. The van der Waals surface area contributed by atoms with Gasteiger partial charge in [0.25, 0.3) is 0 Å². The highest BCUT2D eigenvalue weighted by atomic mass is 19.1. The summed E-state index contributed by atoms with van der Waals surface area (Å²) in [6, 6.07) is 4.29. The highest BCUT2D eigenvalue weighted by Gasteiger charge is 2.19. The Kier molecular flexibility index (Phi) is 6.81. The molecule has 0 fully saturated rings. The van der Waals surface area contributed by atoms with Crippen molar-refractivity contribution in [3.8, 4) is 5.75 Å². The second kappa shape index (κ2) is 8.15. The van der Waals surface area contributed by atoms with Gasteiger partial charge in [-0.3, -0.25) is 0 Å². The van der Waals surface area contributed by atoms with Gasteiger partial charge in [0.15, 0.2) is 11.6 Å². The lowest BCUT2D eigenvalue weighted by Crippen LogP contribution is -2.45. The highest BCUT2D eigenvalue weighted by Crippen LogP contribution is 2.16. The number of benzene rings is 1. The third-order valence-corrected chi connectivity index (χ3v) is 3.25. The van der Waals surface area contributed by atoms with Crippen LogP contribution in [0.4, 0.5) is 9.18 Å². The number of aromatic hydroxyl groups is 1. The number of nitrogens with one attached hydrogen (secondary N) is 2.